The minimum atomic E-state index is -0.469. The number of alkyl carbamates (subject to hydrolysis) is 1. The molecule has 0 bridgehead atoms. The molecule has 0 heterocycles. The lowest BCUT2D eigenvalue weighted by Crippen LogP contribution is -2.33. The molecule has 0 atom stereocenters. The van der Waals surface area contributed by atoms with Crippen LogP contribution in [0.2, 0.25) is 0 Å². The monoisotopic (exact) mass is 350 g/mol. The first kappa shape index (κ1) is 20.8. The van der Waals surface area contributed by atoms with Crippen LogP contribution in [0, 0.1) is 6.92 Å². The number of aryl methyl sites for hydroxylation is 1. The van der Waals surface area contributed by atoms with Gasteiger partial charge in [-0.2, -0.15) is 0 Å². The van der Waals surface area contributed by atoms with Crippen molar-refractivity contribution in [1.82, 2.24) is 10.6 Å². The highest BCUT2D eigenvalue weighted by Gasteiger charge is 2.15. The number of nitrogens with one attached hydrogen (secondary N) is 2. The fraction of sp³-hybridized carbons (Fsp3) is 0.579. The van der Waals surface area contributed by atoms with Crippen LogP contribution >= 0.6 is 0 Å². The van der Waals surface area contributed by atoms with Gasteiger partial charge >= 0.3 is 12.2 Å². The van der Waals surface area contributed by atoms with E-state index in [1.165, 1.54) is 0 Å². The molecule has 0 aromatic heterocycles. The molecular formula is C19H30N2O4. The van der Waals surface area contributed by atoms with Crippen LogP contribution in [0.5, 0.6) is 5.75 Å². The Kier molecular flexibility index (Phi) is 8.81. The highest BCUT2D eigenvalue weighted by molar-refractivity contribution is 5.70. The van der Waals surface area contributed by atoms with Gasteiger partial charge in [-0.15, -0.1) is 0 Å². The minimum absolute atomic E-state index is 0.381. The molecule has 0 unspecified atom stereocenters. The van der Waals surface area contributed by atoms with Gasteiger partial charge < -0.3 is 20.1 Å². The Labute approximate surface area is 150 Å². The SMILES string of the molecule is Cc1ccc(OC(=O)NCCCCCCNC(=O)OC(C)(C)C)cc1. The third-order valence-corrected chi connectivity index (χ3v) is 3.27. The van der Waals surface area contributed by atoms with E-state index in [2.05, 4.69) is 10.6 Å². The van der Waals surface area contributed by atoms with E-state index in [-0.39, 0.29) is 6.09 Å². The lowest BCUT2D eigenvalue weighted by Gasteiger charge is -2.19. The fourth-order valence-electron chi connectivity index (χ4n) is 2.05. The second kappa shape index (κ2) is 10.6. The van der Waals surface area contributed by atoms with Gasteiger partial charge in [-0.3, -0.25) is 0 Å². The van der Waals surface area contributed by atoms with Crippen molar-refractivity contribution in [3.8, 4) is 5.75 Å². The quantitative estimate of drug-likeness (QED) is 0.690. The topological polar surface area (TPSA) is 76.7 Å². The molecule has 1 rings (SSSR count). The number of amides is 2. The van der Waals surface area contributed by atoms with E-state index in [0.717, 1.165) is 31.2 Å². The van der Waals surface area contributed by atoms with Gasteiger partial charge in [-0.05, 0) is 52.7 Å². The summed E-state index contributed by atoms with van der Waals surface area (Å²) >= 11 is 0. The smallest absolute Gasteiger partial charge is 0.412 e. The molecule has 140 valence electrons. The van der Waals surface area contributed by atoms with Gasteiger partial charge in [0.1, 0.15) is 11.4 Å². The van der Waals surface area contributed by atoms with Gasteiger partial charge in [0.25, 0.3) is 0 Å². The normalized spacial score (nSPS) is 10.9. The first-order valence-electron chi connectivity index (χ1n) is 8.75. The van der Waals surface area contributed by atoms with Crippen LogP contribution in [-0.2, 0) is 4.74 Å². The maximum atomic E-state index is 11.6. The van der Waals surface area contributed by atoms with Gasteiger partial charge in [-0.25, -0.2) is 9.59 Å². The van der Waals surface area contributed by atoms with Crippen molar-refractivity contribution >= 4 is 12.2 Å². The van der Waals surface area contributed by atoms with Crippen LogP contribution in [0.4, 0.5) is 9.59 Å². The van der Waals surface area contributed by atoms with Gasteiger partial charge in [-0.1, -0.05) is 30.5 Å². The predicted molar refractivity (Wildman–Crippen MR) is 97.9 cm³/mol. The second-order valence-electron chi connectivity index (χ2n) is 6.97. The summed E-state index contributed by atoms with van der Waals surface area (Å²) in [5.74, 6) is 0.538. The van der Waals surface area contributed by atoms with Crippen molar-refractivity contribution in [3.05, 3.63) is 29.8 Å². The number of hydrogen-bond acceptors (Lipinski definition) is 4. The zero-order chi connectivity index (χ0) is 18.7. The van der Waals surface area contributed by atoms with Crippen LogP contribution in [-0.4, -0.2) is 30.9 Å². The van der Waals surface area contributed by atoms with E-state index in [1.54, 1.807) is 12.1 Å². The molecule has 0 saturated carbocycles. The summed E-state index contributed by atoms with van der Waals surface area (Å²) in [5, 5.41) is 5.46. The lowest BCUT2D eigenvalue weighted by molar-refractivity contribution is 0.0527. The van der Waals surface area contributed by atoms with E-state index in [4.69, 9.17) is 9.47 Å². The Balaban J connectivity index is 1.98. The average Bonchev–Trinajstić information content (AvgIpc) is 2.50. The number of rotatable bonds is 8. The first-order valence-corrected chi connectivity index (χ1v) is 8.75. The maximum absolute atomic E-state index is 11.6. The number of unbranched alkanes of at least 4 members (excludes halogenated alkanes) is 3. The van der Waals surface area contributed by atoms with Crippen molar-refractivity contribution in [2.75, 3.05) is 13.1 Å². The molecule has 0 radical (unpaired) electrons. The summed E-state index contributed by atoms with van der Waals surface area (Å²) < 4.78 is 10.3. The summed E-state index contributed by atoms with van der Waals surface area (Å²) in [6.45, 7) is 8.66. The Morgan fingerprint density at radius 1 is 0.880 bits per heavy atom. The Bertz CT molecular complexity index is 535. The number of hydrogen-bond donors (Lipinski definition) is 2. The molecule has 25 heavy (non-hydrogen) atoms. The lowest BCUT2D eigenvalue weighted by atomic mass is 10.2. The van der Waals surface area contributed by atoms with E-state index in [9.17, 15) is 9.59 Å². The standard InChI is InChI=1S/C19H30N2O4/c1-15-9-11-16(12-10-15)24-17(22)20-13-7-5-6-8-14-21-18(23)25-19(2,3)4/h9-12H,5-8,13-14H2,1-4H3,(H,20,22)(H,21,23). The first-order chi connectivity index (χ1) is 11.8. The van der Waals surface area contributed by atoms with Crippen LogP contribution in [0.15, 0.2) is 24.3 Å². The third kappa shape index (κ3) is 11.0. The number of benzene rings is 1. The van der Waals surface area contributed by atoms with Gasteiger partial charge in [0.15, 0.2) is 0 Å². The van der Waals surface area contributed by atoms with Crippen LogP contribution in [0.3, 0.4) is 0 Å². The molecule has 0 fully saturated rings. The Morgan fingerprint density at radius 3 is 1.92 bits per heavy atom. The minimum Gasteiger partial charge on any atom is -0.444 e. The number of carbonyl (C=O) groups excluding carboxylic acids is 2. The maximum Gasteiger partial charge on any atom is 0.412 e. The molecule has 0 spiro atoms. The summed E-state index contributed by atoms with van der Waals surface area (Å²) in [6, 6.07) is 7.33. The number of ether oxygens (including phenoxy) is 2. The van der Waals surface area contributed by atoms with Crippen molar-refractivity contribution in [1.29, 1.82) is 0 Å². The molecule has 0 saturated heterocycles. The van der Waals surface area contributed by atoms with Gasteiger partial charge in [0, 0.05) is 13.1 Å². The van der Waals surface area contributed by atoms with Crippen molar-refractivity contribution < 1.29 is 19.1 Å². The predicted octanol–water partition coefficient (Wildman–Crippen LogP) is 4.17. The molecule has 6 heteroatoms. The highest BCUT2D eigenvalue weighted by atomic mass is 16.6. The van der Waals surface area contributed by atoms with Crippen molar-refractivity contribution in [2.24, 2.45) is 0 Å². The average molecular weight is 350 g/mol. The molecule has 0 aliphatic carbocycles. The number of carbonyl (C=O) groups is 2. The molecule has 1 aromatic carbocycles. The van der Waals surface area contributed by atoms with E-state index in [0.29, 0.717) is 18.8 Å². The third-order valence-electron chi connectivity index (χ3n) is 3.27. The summed E-state index contributed by atoms with van der Waals surface area (Å²) in [6.07, 6.45) is 2.89. The zero-order valence-electron chi connectivity index (χ0n) is 15.7. The van der Waals surface area contributed by atoms with Crippen LogP contribution < -0.4 is 15.4 Å². The summed E-state index contributed by atoms with van der Waals surface area (Å²) in [4.78, 5) is 23.1. The zero-order valence-corrected chi connectivity index (χ0v) is 15.7. The molecule has 2 amide bonds. The molecule has 2 N–H and O–H groups in total. The summed E-state index contributed by atoms with van der Waals surface area (Å²) in [7, 11) is 0. The van der Waals surface area contributed by atoms with E-state index in [1.807, 2.05) is 39.8 Å². The largest absolute Gasteiger partial charge is 0.444 e. The van der Waals surface area contributed by atoms with Crippen LogP contribution in [0.1, 0.15) is 52.0 Å². The Morgan fingerprint density at radius 2 is 1.40 bits per heavy atom. The highest BCUT2D eigenvalue weighted by Crippen LogP contribution is 2.11. The van der Waals surface area contributed by atoms with Crippen molar-refractivity contribution in [3.63, 3.8) is 0 Å². The summed E-state index contributed by atoms with van der Waals surface area (Å²) in [5.41, 5.74) is 0.650. The molecular weight excluding hydrogens is 320 g/mol. The molecule has 1 aromatic rings. The Hall–Kier alpha value is -2.24. The van der Waals surface area contributed by atoms with Crippen LogP contribution in [0.25, 0.3) is 0 Å². The van der Waals surface area contributed by atoms with E-state index < -0.39 is 11.7 Å². The van der Waals surface area contributed by atoms with Gasteiger partial charge in [0.2, 0.25) is 0 Å². The second-order valence-corrected chi connectivity index (χ2v) is 6.97. The van der Waals surface area contributed by atoms with Gasteiger partial charge in [0.05, 0.1) is 0 Å². The molecule has 0 aliphatic heterocycles. The molecule has 6 nitrogen and oxygen atoms in total. The van der Waals surface area contributed by atoms with Crippen molar-refractivity contribution in [2.45, 2.75) is 59.0 Å². The fourth-order valence-corrected chi connectivity index (χ4v) is 2.05. The molecule has 0 aliphatic rings. The van der Waals surface area contributed by atoms with E-state index >= 15 is 0 Å².